The number of ether oxygens (including phenoxy) is 2. The Hall–Kier alpha value is -1.66. The van der Waals surface area contributed by atoms with Crippen molar-refractivity contribution in [2.45, 2.75) is 23.5 Å². The SMILES string of the molecule is COc1cc(C(=O)N2CCC(C)Sc3ccccc32)cc(OC)c1Br. The smallest absolute Gasteiger partial charge is 0.258 e. The summed E-state index contributed by atoms with van der Waals surface area (Å²) in [6.07, 6.45) is 0.940. The number of methoxy groups -OCH3 is 2. The standard InChI is InChI=1S/C19H20BrNO3S/c1-12-8-9-21(14-6-4-5-7-17(14)25-12)19(22)13-10-15(23-2)18(20)16(11-13)24-3/h4-7,10-12H,8-9H2,1-3H3. The van der Waals surface area contributed by atoms with E-state index in [2.05, 4.69) is 28.9 Å². The predicted octanol–water partition coefficient (Wildman–Crippen LogP) is 5.00. The summed E-state index contributed by atoms with van der Waals surface area (Å²) in [4.78, 5) is 16.3. The third kappa shape index (κ3) is 3.65. The lowest BCUT2D eigenvalue weighted by atomic mass is 10.1. The number of thioether (sulfide) groups is 1. The van der Waals surface area contributed by atoms with Crippen molar-refractivity contribution in [3.8, 4) is 11.5 Å². The van der Waals surface area contributed by atoms with E-state index in [0.29, 0.717) is 33.3 Å². The first-order valence-electron chi connectivity index (χ1n) is 8.04. The molecule has 1 amide bonds. The molecule has 6 heteroatoms. The van der Waals surface area contributed by atoms with Gasteiger partial charge in [-0.2, -0.15) is 0 Å². The predicted molar refractivity (Wildman–Crippen MR) is 105 cm³/mol. The van der Waals surface area contributed by atoms with E-state index in [4.69, 9.17) is 9.47 Å². The molecule has 2 aromatic rings. The van der Waals surface area contributed by atoms with Gasteiger partial charge in [0.05, 0.1) is 19.9 Å². The zero-order valence-corrected chi connectivity index (χ0v) is 16.8. The zero-order chi connectivity index (χ0) is 18.0. The summed E-state index contributed by atoms with van der Waals surface area (Å²) >= 11 is 5.26. The molecule has 1 aliphatic rings. The van der Waals surface area contributed by atoms with Gasteiger partial charge < -0.3 is 14.4 Å². The molecule has 1 atom stereocenters. The van der Waals surface area contributed by atoms with Crippen molar-refractivity contribution in [3.63, 3.8) is 0 Å². The summed E-state index contributed by atoms with van der Waals surface area (Å²) in [6, 6.07) is 11.6. The fourth-order valence-electron chi connectivity index (χ4n) is 2.85. The zero-order valence-electron chi connectivity index (χ0n) is 14.4. The molecule has 0 N–H and O–H groups in total. The van der Waals surface area contributed by atoms with Crippen LogP contribution in [0.2, 0.25) is 0 Å². The van der Waals surface area contributed by atoms with Crippen molar-refractivity contribution in [1.29, 1.82) is 0 Å². The average Bonchev–Trinajstić information content (AvgIpc) is 2.79. The maximum Gasteiger partial charge on any atom is 0.258 e. The van der Waals surface area contributed by atoms with Crippen LogP contribution in [0.15, 0.2) is 45.8 Å². The Bertz CT molecular complexity index is 771. The number of amides is 1. The number of fused-ring (bicyclic) bond motifs is 1. The number of para-hydroxylation sites is 1. The Morgan fingerprint density at radius 1 is 1.20 bits per heavy atom. The van der Waals surface area contributed by atoms with Crippen molar-refractivity contribution in [3.05, 3.63) is 46.4 Å². The van der Waals surface area contributed by atoms with E-state index in [9.17, 15) is 4.79 Å². The topological polar surface area (TPSA) is 38.8 Å². The van der Waals surface area contributed by atoms with Gasteiger partial charge in [-0.3, -0.25) is 4.79 Å². The molecule has 0 saturated carbocycles. The van der Waals surface area contributed by atoms with Crippen LogP contribution in [-0.2, 0) is 0 Å². The molecule has 1 unspecified atom stereocenters. The number of benzene rings is 2. The van der Waals surface area contributed by atoms with E-state index in [1.165, 1.54) is 0 Å². The van der Waals surface area contributed by atoms with Crippen LogP contribution < -0.4 is 14.4 Å². The van der Waals surface area contributed by atoms with Crippen molar-refractivity contribution in [2.75, 3.05) is 25.7 Å². The average molecular weight is 422 g/mol. The highest BCUT2D eigenvalue weighted by molar-refractivity contribution is 9.10. The Morgan fingerprint density at radius 3 is 2.48 bits per heavy atom. The van der Waals surface area contributed by atoms with Crippen LogP contribution in [0.25, 0.3) is 0 Å². The van der Waals surface area contributed by atoms with Gasteiger partial charge in [-0.25, -0.2) is 0 Å². The first-order chi connectivity index (χ1) is 12.0. The molecule has 0 aromatic heterocycles. The van der Waals surface area contributed by atoms with Crippen molar-refractivity contribution in [2.24, 2.45) is 0 Å². The summed E-state index contributed by atoms with van der Waals surface area (Å²) in [5.41, 5.74) is 1.51. The molecule has 1 heterocycles. The molecule has 132 valence electrons. The highest BCUT2D eigenvalue weighted by Crippen LogP contribution is 2.40. The van der Waals surface area contributed by atoms with Crippen LogP contribution >= 0.6 is 27.7 Å². The molecule has 0 aliphatic carbocycles. The number of hydrogen-bond donors (Lipinski definition) is 0. The molecule has 25 heavy (non-hydrogen) atoms. The summed E-state index contributed by atoms with van der Waals surface area (Å²) in [7, 11) is 3.15. The van der Waals surface area contributed by atoms with E-state index in [1.54, 1.807) is 26.4 Å². The molecular weight excluding hydrogens is 402 g/mol. The van der Waals surface area contributed by atoms with E-state index < -0.39 is 0 Å². The Kier molecular flexibility index (Phi) is 5.59. The third-order valence-electron chi connectivity index (χ3n) is 4.18. The molecule has 0 saturated heterocycles. The van der Waals surface area contributed by atoms with Gasteiger partial charge in [0.15, 0.2) is 0 Å². The van der Waals surface area contributed by atoms with Crippen LogP contribution in [0.3, 0.4) is 0 Å². The monoisotopic (exact) mass is 421 g/mol. The van der Waals surface area contributed by atoms with Crippen LogP contribution in [0.1, 0.15) is 23.7 Å². The largest absolute Gasteiger partial charge is 0.495 e. The van der Waals surface area contributed by atoms with Crippen LogP contribution in [0.5, 0.6) is 11.5 Å². The number of hydrogen-bond acceptors (Lipinski definition) is 4. The van der Waals surface area contributed by atoms with Gasteiger partial charge in [0.1, 0.15) is 16.0 Å². The Labute approximate surface area is 160 Å². The second-order valence-electron chi connectivity index (χ2n) is 5.84. The lowest BCUT2D eigenvalue weighted by Crippen LogP contribution is -2.32. The van der Waals surface area contributed by atoms with Gasteiger partial charge in [-0.05, 0) is 46.6 Å². The second kappa shape index (κ2) is 7.70. The number of nitrogens with zero attached hydrogens (tertiary/aromatic N) is 1. The number of rotatable bonds is 3. The first kappa shape index (κ1) is 18.1. The highest BCUT2D eigenvalue weighted by Gasteiger charge is 2.26. The third-order valence-corrected chi connectivity index (χ3v) is 6.20. The molecular formula is C19H20BrNO3S. The molecule has 1 aliphatic heterocycles. The van der Waals surface area contributed by atoms with E-state index in [1.807, 2.05) is 34.9 Å². The molecule has 0 bridgehead atoms. The maximum atomic E-state index is 13.3. The number of halogens is 1. The lowest BCUT2D eigenvalue weighted by Gasteiger charge is -2.23. The van der Waals surface area contributed by atoms with Gasteiger partial charge in [0.25, 0.3) is 5.91 Å². The molecule has 3 rings (SSSR count). The van der Waals surface area contributed by atoms with Crippen molar-refractivity contribution in [1.82, 2.24) is 0 Å². The minimum absolute atomic E-state index is 0.0498. The van der Waals surface area contributed by atoms with E-state index in [-0.39, 0.29) is 5.91 Å². The number of carbonyl (C=O) groups excluding carboxylic acids is 1. The minimum Gasteiger partial charge on any atom is -0.495 e. The normalized spacial score (nSPS) is 16.8. The summed E-state index contributed by atoms with van der Waals surface area (Å²) in [5, 5.41) is 0.466. The quantitative estimate of drug-likeness (QED) is 0.698. The highest BCUT2D eigenvalue weighted by atomic mass is 79.9. The Balaban J connectivity index is 2.04. The Morgan fingerprint density at radius 2 is 1.84 bits per heavy atom. The molecule has 2 aromatic carbocycles. The second-order valence-corrected chi connectivity index (χ2v) is 8.11. The molecule has 0 radical (unpaired) electrons. The van der Waals surface area contributed by atoms with Gasteiger partial charge in [0, 0.05) is 22.3 Å². The molecule has 4 nitrogen and oxygen atoms in total. The van der Waals surface area contributed by atoms with Crippen LogP contribution in [0, 0.1) is 0 Å². The number of anilines is 1. The first-order valence-corrected chi connectivity index (χ1v) is 9.71. The fourth-order valence-corrected chi connectivity index (χ4v) is 4.51. The van der Waals surface area contributed by atoms with Gasteiger partial charge >= 0.3 is 0 Å². The molecule has 0 spiro atoms. The van der Waals surface area contributed by atoms with Crippen molar-refractivity contribution < 1.29 is 14.3 Å². The van der Waals surface area contributed by atoms with Crippen molar-refractivity contribution >= 4 is 39.3 Å². The van der Waals surface area contributed by atoms with Gasteiger partial charge in [-0.15, -0.1) is 11.8 Å². The lowest BCUT2D eigenvalue weighted by molar-refractivity contribution is 0.0985. The fraction of sp³-hybridized carbons (Fsp3) is 0.316. The summed E-state index contributed by atoms with van der Waals surface area (Å²) < 4.78 is 11.5. The minimum atomic E-state index is -0.0498. The molecule has 0 fully saturated rings. The van der Waals surface area contributed by atoms with Gasteiger partial charge in [-0.1, -0.05) is 19.1 Å². The van der Waals surface area contributed by atoms with Crippen LogP contribution in [0.4, 0.5) is 5.69 Å². The summed E-state index contributed by atoms with van der Waals surface area (Å²) in [6.45, 7) is 2.88. The maximum absolute atomic E-state index is 13.3. The van der Waals surface area contributed by atoms with E-state index >= 15 is 0 Å². The number of carbonyl (C=O) groups is 1. The van der Waals surface area contributed by atoms with Gasteiger partial charge in [0.2, 0.25) is 0 Å². The van der Waals surface area contributed by atoms with Crippen LogP contribution in [-0.4, -0.2) is 31.9 Å². The summed E-state index contributed by atoms with van der Waals surface area (Å²) in [5.74, 6) is 1.10. The van der Waals surface area contributed by atoms with E-state index in [0.717, 1.165) is 17.0 Å².